The Morgan fingerprint density at radius 1 is 1.30 bits per heavy atom. The highest BCUT2D eigenvalue weighted by Gasteiger charge is 2.02. The third-order valence-corrected chi connectivity index (χ3v) is 2.54. The SMILES string of the molecule is O=C(O)C=Cc1cc(=O)c(OCc2ccccc2)c[nH]1. The first kappa shape index (κ1) is 13.6. The fraction of sp³-hybridized carbons (Fsp3) is 0.0667. The highest BCUT2D eigenvalue weighted by atomic mass is 16.5. The van der Waals surface area contributed by atoms with Gasteiger partial charge in [-0.15, -0.1) is 0 Å². The summed E-state index contributed by atoms with van der Waals surface area (Å²) in [6.07, 6.45) is 3.69. The molecule has 5 nitrogen and oxygen atoms in total. The molecule has 2 rings (SSSR count). The Morgan fingerprint density at radius 2 is 2.05 bits per heavy atom. The number of hydrogen-bond donors (Lipinski definition) is 2. The molecule has 0 saturated carbocycles. The number of rotatable bonds is 5. The highest BCUT2D eigenvalue weighted by molar-refractivity contribution is 5.84. The van der Waals surface area contributed by atoms with Gasteiger partial charge in [-0.3, -0.25) is 4.79 Å². The van der Waals surface area contributed by atoms with Crippen molar-refractivity contribution in [2.24, 2.45) is 0 Å². The predicted octanol–water partition coefficient (Wildman–Crippen LogP) is 2.05. The molecule has 2 N–H and O–H groups in total. The summed E-state index contributed by atoms with van der Waals surface area (Å²) >= 11 is 0. The number of carboxylic acids is 1. The van der Waals surface area contributed by atoms with E-state index in [1.165, 1.54) is 18.3 Å². The number of aromatic amines is 1. The molecule has 20 heavy (non-hydrogen) atoms. The van der Waals surface area contributed by atoms with Crippen LogP contribution in [-0.4, -0.2) is 16.1 Å². The number of aromatic nitrogens is 1. The fourth-order valence-corrected chi connectivity index (χ4v) is 1.58. The Hall–Kier alpha value is -2.82. The van der Waals surface area contributed by atoms with E-state index in [2.05, 4.69) is 4.98 Å². The highest BCUT2D eigenvalue weighted by Crippen LogP contribution is 2.07. The Balaban J connectivity index is 2.07. The minimum absolute atomic E-state index is 0.196. The number of carbonyl (C=O) groups is 1. The average Bonchev–Trinajstić information content (AvgIpc) is 2.45. The second-order valence-electron chi connectivity index (χ2n) is 4.06. The zero-order chi connectivity index (χ0) is 14.4. The molecular formula is C15H13NO4. The van der Waals surface area contributed by atoms with E-state index >= 15 is 0 Å². The monoisotopic (exact) mass is 271 g/mol. The maximum atomic E-state index is 11.8. The fourth-order valence-electron chi connectivity index (χ4n) is 1.58. The largest absolute Gasteiger partial charge is 0.483 e. The van der Waals surface area contributed by atoms with Crippen molar-refractivity contribution in [2.75, 3.05) is 0 Å². The summed E-state index contributed by atoms with van der Waals surface area (Å²) in [5, 5.41) is 8.51. The summed E-state index contributed by atoms with van der Waals surface area (Å²) in [6.45, 7) is 0.300. The third-order valence-electron chi connectivity index (χ3n) is 2.54. The van der Waals surface area contributed by atoms with E-state index in [4.69, 9.17) is 9.84 Å². The predicted molar refractivity (Wildman–Crippen MR) is 74.5 cm³/mol. The molecule has 0 spiro atoms. The number of hydrogen-bond acceptors (Lipinski definition) is 3. The van der Waals surface area contributed by atoms with E-state index in [0.29, 0.717) is 12.3 Å². The van der Waals surface area contributed by atoms with Gasteiger partial charge < -0.3 is 14.8 Å². The number of nitrogens with one attached hydrogen (secondary N) is 1. The van der Waals surface area contributed by atoms with Gasteiger partial charge >= 0.3 is 5.97 Å². The van der Waals surface area contributed by atoms with Crippen molar-refractivity contribution in [3.8, 4) is 5.75 Å². The molecule has 5 heteroatoms. The van der Waals surface area contributed by atoms with E-state index in [9.17, 15) is 9.59 Å². The lowest BCUT2D eigenvalue weighted by molar-refractivity contribution is -0.131. The summed E-state index contributed by atoms with van der Waals surface area (Å²) in [5.74, 6) is -0.878. The smallest absolute Gasteiger partial charge is 0.328 e. The molecule has 0 aliphatic heterocycles. The molecule has 0 atom stereocenters. The van der Waals surface area contributed by atoms with Gasteiger partial charge in [-0.05, 0) is 11.6 Å². The second kappa shape index (κ2) is 6.38. The molecule has 0 aliphatic rings. The van der Waals surface area contributed by atoms with Crippen LogP contribution in [0, 0.1) is 0 Å². The number of carboxylic acid groups (broad SMARTS) is 1. The Labute approximate surface area is 115 Å². The molecule has 0 bridgehead atoms. The summed E-state index contributed by atoms with van der Waals surface area (Å²) in [6, 6.07) is 10.8. The van der Waals surface area contributed by atoms with Gasteiger partial charge in [-0.25, -0.2) is 4.79 Å². The lowest BCUT2D eigenvalue weighted by atomic mass is 10.2. The van der Waals surface area contributed by atoms with Crippen molar-refractivity contribution >= 4 is 12.0 Å². The van der Waals surface area contributed by atoms with E-state index in [1.807, 2.05) is 30.3 Å². The van der Waals surface area contributed by atoms with Crippen LogP contribution in [0.4, 0.5) is 0 Å². The normalized spacial score (nSPS) is 10.6. The van der Waals surface area contributed by atoms with Gasteiger partial charge in [0, 0.05) is 24.0 Å². The van der Waals surface area contributed by atoms with Gasteiger partial charge in [0.05, 0.1) is 0 Å². The zero-order valence-electron chi connectivity index (χ0n) is 10.6. The summed E-state index contributed by atoms with van der Waals surface area (Å²) in [5.41, 5.74) is 1.07. The van der Waals surface area contributed by atoms with Crippen molar-refractivity contribution in [3.05, 3.63) is 70.2 Å². The molecule has 1 heterocycles. The van der Waals surface area contributed by atoms with Crippen LogP contribution in [0.5, 0.6) is 5.75 Å². The van der Waals surface area contributed by atoms with Gasteiger partial charge in [-0.1, -0.05) is 30.3 Å². The van der Waals surface area contributed by atoms with Gasteiger partial charge in [0.25, 0.3) is 0 Å². The van der Waals surface area contributed by atoms with Gasteiger partial charge in [-0.2, -0.15) is 0 Å². The molecule has 0 fully saturated rings. The molecule has 0 radical (unpaired) electrons. The second-order valence-corrected chi connectivity index (χ2v) is 4.06. The van der Waals surface area contributed by atoms with Crippen molar-refractivity contribution in [1.82, 2.24) is 4.98 Å². The molecule has 0 saturated heterocycles. The van der Waals surface area contributed by atoms with Gasteiger partial charge in [0.2, 0.25) is 5.43 Å². The molecule has 0 amide bonds. The van der Waals surface area contributed by atoms with Crippen molar-refractivity contribution in [3.63, 3.8) is 0 Å². The molecule has 0 aliphatic carbocycles. The topological polar surface area (TPSA) is 79.4 Å². The lowest BCUT2D eigenvalue weighted by Crippen LogP contribution is -2.08. The first-order valence-corrected chi connectivity index (χ1v) is 5.95. The third kappa shape index (κ3) is 3.84. The number of H-pyrrole nitrogens is 1. The number of benzene rings is 1. The molecule has 1 aromatic carbocycles. The van der Waals surface area contributed by atoms with Gasteiger partial charge in [0.15, 0.2) is 5.75 Å². The van der Waals surface area contributed by atoms with Crippen LogP contribution in [0.25, 0.3) is 6.08 Å². The van der Waals surface area contributed by atoms with Gasteiger partial charge in [0.1, 0.15) is 6.61 Å². The molecule has 102 valence electrons. The molecular weight excluding hydrogens is 258 g/mol. The maximum Gasteiger partial charge on any atom is 0.328 e. The summed E-state index contributed by atoms with van der Waals surface area (Å²) in [7, 11) is 0. The van der Waals surface area contributed by atoms with E-state index in [0.717, 1.165) is 11.6 Å². The standard InChI is InChI=1S/C15H13NO4/c17-13-8-12(6-7-15(18)19)16-9-14(13)20-10-11-4-2-1-3-5-11/h1-9H,10H2,(H,16,17)(H,18,19). The minimum Gasteiger partial charge on any atom is -0.483 e. The maximum absolute atomic E-state index is 11.8. The summed E-state index contributed by atoms with van der Waals surface area (Å²) < 4.78 is 5.42. The Kier molecular flexibility index (Phi) is 4.34. The molecule has 2 aromatic rings. The minimum atomic E-state index is -1.07. The number of ether oxygens (including phenoxy) is 1. The summed E-state index contributed by atoms with van der Waals surface area (Å²) in [4.78, 5) is 25.0. The molecule has 1 aromatic heterocycles. The van der Waals surface area contributed by atoms with Crippen LogP contribution in [0.15, 0.2) is 53.5 Å². The molecule has 0 unspecified atom stereocenters. The quantitative estimate of drug-likeness (QED) is 0.816. The van der Waals surface area contributed by atoms with E-state index < -0.39 is 5.97 Å². The van der Waals surface area contributed by atoms with E-state index in [-0.39, 0.29) is 11.2 Å². The van der Waals surface area contributed by atoms with Crippen molar-refractivity contribution in [1.29, 1.82) is 0 Å². The first-order valence-electron chi connectivity index (χ1n) is 5.95. The zero-order valence-corrected chi connectivity index (χ0v) is 10.6. The number of pyridine rings is 1. The first-order chi connectivity index (χ1) is 9.65. The van der Waals surface area contributed by atoms with Crippen LogP contribution in [-0.2, 0) is 11.4 Å². The van der Waals surface area contributed by atoms with Crippen LogP contribution >= 0.6 is 0 Å². The van der Waals surface area contributed by atoms with Crippen LogP contribution in [0.3, 0.4) is 0 Å². The average molecular weight is 271 g/mol. The van der Waals surface area contributed by atoms with Crippen LogP contribution in [0.1, 0.15) is 11.3 Å². The lowest BCUT2D eigenvalue weighted by Gasteiger charge is -2.05. The Morgan fingerprint density at radius 3 is 2.70 bits per heavy atom. The van der Waals surface area contributed by atoms with Crippen LogP contribution in [0.2, 0.25) is 0 Å². The Bertz CT molecular complexity index is 674. The van der Waals surface area contributed by atoms with Crippen LogP contribution < -0.4 is 10.2 Å². The van der Waals surface area contributed by atoms with Crippen molar-refractivity contribution in [2.45, 2.75) is 6.61 Å². The van der Waals surface area contributed by atoms with E-state index in [1.54, 1.807) is 0 Å². The number of aliphatic carboxylic acids is 1. The van der Waals surface area contributed by atoms with Crippen molar-refractivity contribution < 1.29 is 14.6 Å².